The maximum atomic E-state index is 11.5. The van der Waals surface area contributed by atoms with Crippen LogP contribution in [-0.2, 0) is 16.0 Å². The summed E-state index contributed by atoms with van der Waals surface area (Å²) in [6, 6.07) is 7.23. The molecule has 0 saturated carbocycles. The van der Waals surface area contributed by atoms with Crippen LogP contribution in [0.5, 0.6) is 0 Å². The third-order valence-corrected chi connectivity index (χ3v) is 2.46. The minimum atomic E-state index is -0.102. The summed E-state index contributed by atoms with van der Waals surface area (Å²) < 4.78 is 0. The second-order valence-electron chi connectivity index (χ2n) is 4.25. The number of rotatable bonds is 5. The highest BCUT2D eigenvalue weighted by Crippen LogP contribution is 2.10. The Labute approximate surface area is 107 Å². The molecule has 3 N–H and O–H groups in total. The molecule has 0 aromatic heterocycles. The minimum absolute atomic E-state index is 0.0508. The van der Waals surface area contributed by atoms with Gasteiger partial charge in [0.2, 0.25) is 11.8 Å². The van der Waals surface area contributed by atoms with Crippen LogP contribution in [0.25, 0.3) is 0 Å². The van der Waals surface area contributed by atoms with Crippen LogP contribution >= 0.6 is 0 Å². The van der Waals surface area contributed by atoms with Crippen LogP contribution in [0.2, 0.25) is 0 Å². The predicted molar refractivity (Wildman–Crippen MR) is 71.1 cm³/mol. The van der Waals surface area contributed by atoms with Gasteiger partial charge in [-0.3, -0.25) is 9.59 Å². The summed E-state index contributed by atoms with van der Waals surface area (Å²) in [5.74, 6) is -0.0514. The van der Waals surface area contributed by atoms with E-state index in [9.17, 15) is 9.59 Å². The summed E-state index contributed by atoms with van der Waals surface area (Å²) in [4.78, 5) is 24.4. The van der Waals surface area contributed by atoms with E-state index in [1.165, 1.54) is 0 Å². The van der Waals surface area contributed by atoms with E-state index in [4.69, 9.17) is 5.73 Å². The molecule has 0 radical (unpaired) electrons. The molecule has 0 aliphatic heterocycles. The zero-order valence-electron chi connectivity index (χ0n) is 10.8. The molecule has 98 valence electrons. The van der Waals surface area contributed by atoms with Crippen molar-refractivity contribution in [1.82, 2.24) is 4.90 Å². The van der Waals surface area contributed by atoms with Crippen LogP contribution in [0.4, 0.5) is 5.69 Å². The Morgan fingerprint density at radius 2 is 1.83 bits per heavy atom. The second-order valence-corrected chi connectivity index (χ2v) is 4.25. The molecule has 0 bridgehead atoms. The van der Waals surface area contributed by atoms with E-state index in [1.807, 2.05) is 12.1 Å². The average Bonchev–Trinajstić information content (AvgIpc) is 2.31. The highest BCUT2D eigenvalue weighted by Gasteiger charge is 2.06. The van der Waals surface area contributed by atoms with Gasteiger partial charge < -0.3 is 16.0 Å². The van der Waals surface area contributed by atoms with Gasteiger partial charge in [0.25, 0.3) is 0 Å². The number of likely N-dealkylation sites (N-methyl/N-ethyl adjacent to an activating group) is 1. The predicted octanol–water partition coefficient (Wildman–Crippen LogP) is 0.605. The van der Waals surface area contributed by atoms with E-state index >= 15 is 0 Å². The van der Waals surface area contributed by atoms with Crippen molar-refractivity contribution < 1.29 is 9.59 Å². The maximum Gasteiger partial charge on any atom is 0.226 e. The third kappa shape index (κ3) is 4.55. The number of carbonyl (C=O) groups is 2. The molecule has 0 unspecified atom stereocenters. The van der Waals surface area contributed by atoms with Crippen molar-refractivity contribution in [2.24, 2.45) is 5.73 Å². The summed E-state index contributed by atoms with van der Waals surface area (Å²) >= 11 is 0. The summed E-state index contributed by atoms with van der Waals surface area (Å²) in [6.07, 6.45) is 0.672. The third-order valence-electron chi connectivity index (χ3n) is 2.46. The van der Waals surface area contributed by atoms with Gasteiger partial charge in [0.05, 0.1) is 6.42 Å². The van der Waals surface area contributed by atoms with Gasteiger partial charge in [-0.05, 0) is 17.7 Å². The first-order valence-corrected chi connectivity index (χ1v) is 5.82. The fourth-order valence-corrected chi connectivity index (χ4v) is 1.39. The van der Waals surface area contributed by atoms with Crippen LogP contribution in [0, 0.1) is 0 Å². The number of hydrogen-bond acceptors (Lipinski definition) is 3. The van der Waals surface area contributed by atoms with Crippen LogP contribution < -0.4 is 11.1 Å². The zero-order chi connectivity index (χ0) is 13.5. The Bertz CT molecular complexity index is 413. The molecule has 0 aliphatic rings. The molecule has 1 aromatic carbocycles. The molecule has 0 spiro atoms. The number of carbonyl (C=O) groups excluding carboxylic acids is 2. The van der Waals surface area contributed by atoms with Crippen molar-refractivity contribution in [3.8, 4) is 0 Å². The van der Waals surface area contributed by atoms with E-state index in [1.54, 1.807) is 31.1 Å². The minimum Gasteiger partial charge on any atom is -0.349 e. The molecule has 0 saturated heterocycles. The average molecular weight is 249 g/mol. The second kappa shape index (κ2) is 6.76. The number of nitrogens with zero attached hydrogens (tertiary/aromatic N) is 1. The molecular weight excluding hydrogens is 230 g/mol. The monoisotopic (exact) mass is 249 g/mol. The Morgan fingerprint density at radius 3 is 2.33 bits per heavy atom. The quantitative estimate of drug-likeness (QED) is 0.802. The molecule has 2 amide bonds. The molecule has 0 aliphatic carbocycles. The standard InChI is InChI=1S/C13H19N3O2/c1-16(2)13(18)9-10-3-5-11(6-4-10)15-12(17)7-8-14/h3-6H,7-9,14H2,1-2H3,(H,15,17). The Hall–Kier alpha value is -1.88. The SMILES string of the molecule is CN(C)C(=O)Cc1ccc(NC(=O)CCN)cc1. The van der Waals surface area contributed by atoms with Crippen molar-refractivity contribution in [1.29, 1.82) is 0 Å². The van der Waals surface area contributed by atoms with Crippen molar-refractivity contribution in [2.75, 3.05) is 26.0 Å². The van der Waals surface area contributed by atoms with E-state index in [0.717, 1.165) is 11.3 Å². The summed E-state index contributed by atoms with van der Waals surface area (Å²) in [7, 11) is 3.45. The molecule has 18 heavy (non-hydrogen) atoms. The van der Waals surface area contributed by atoms with E-state index in [0.29, 0.717) is 19.4 Å². The molecule has 1 aromatic rings. The molecule has 0 atom stereocenters. The number of amides is 2. The molecule has 5 heteroatoms. The Balaban J connectivity index is 2.57. The number of hydrogen-bond donors (Lipinski definition) is 2. The highest BCUT2D eigenvalue weighted by molar-refractivity contribution is 5.90. The fourth-order valence-electron chi connectivity index (χ4n) is 1.39. The summed E-state index contributed by atoms with van der Waals surface area (Å²) in [6.45, 7) is 0.335. The van der Waals surface area contributed by atoms with Crippen LogP contribution in [0.1, 0.15) is 12.0 Å². The molecule has 5 nitrogen and oxygen atoms in total. The first-order chi connectivity index (χ1) is 8.52. The zero-order valence-corrected chi connectivity index (χ0v) is 10.8. The lowest BCUT2D eigenvalue weighted by molar-refractivity contribution is -0.128. The lowest BCUT2D eigenvalue weighted by Gasteiger charge is -2.10. The normalized spacial score (nSPS) is 9.94. The molecule has 0 heterocycles. The fraction of sp³-hybridized carbons (Fsp3) is 0.385. The van der Waals surface area contributed by atoms with E-state index in [-0.39, 0.29) is 11.8 Å². The summed E-state index contributed by atoms with van der Waals surface area (Å²) in [5, 5.41) is 2.73. The lowest BCUT2D eigenvalue weighted by Crippen LogP contribution is -2.23. The smallest absolute Gasteiger partial charge is 0.226 e. The van der Waals surface area contributed by atoms with Gasteiger partial charge >= 0.3 is 0 Å². The van der Waals surface area contributed by atoms with E-state index in [2.05, 4.69) is 5.32 Å². The number of nitrogens with one attached hydrogen (secondary N) is 1. The van der Waals surface area contributed by atoms with Gasteiger partial charge in [-0.2, -0.15) is 0 Å². The van der Waals surface area contributed by atoms with Crippen molar-refractivity contribution in [3.05, 3.63) is 29.8 Å². The summed E-state index contributed by atoms with van der Waals surface area (Å²) in [5.41, 5.74) is 6.93. The number of nitrogens with two attached hydrogens (primary N) is 1. The van der Waals surface area contributed by atoms with Crippen LogP contribution in [0.15, 0.2) is 24.3 Å². The van der Waals surface area contributed by atoms with Crippen LogP contribution in [-0.4, -0.2) is 37.4 Å². The van der Waals surface area contributed by atoms with Crippen molar-refractivity contribution in [2.45, 2.75) is 12.8 Å². The number of benzene rings is 1. The van der Waals surface area contributed by atoms with Crippen molar-refractivity contribution in [3.63, 3.8) is 0 Å². The lowest BCUT2D eigenvalue weighted by atomic mass is 10.1. The van der Waals surface area contributed by atoms with Crippen LogP contribution in [0.3, 0.4) is 0 Å². The molecular formula is C13H19N3O2. The van der Waals surface area contributed by atoms with Crippen molar-refractivity contribution >= 4 is 17.5 Å². The van der Waals surface area contributed by atoms with Gasteiger partial charge in [-0.25, -0.2) is 0 Å². The maximum absolute atomic E-state index is 11.5. The topological polar surface area (TPSA) is 75.4 Å². The molecule has 0 fully saturated rings. The largest absolute Gasteiger partial charge is 0.349 e. The first kappa shape index (κ1) is 14.2. The first-order valence-electron chi connectivity index (χ1n) is 5.82. The van der Waals surface area contributed by atoms with Gasteiger partial charge in [-0.15, -0.1) is 0 Å². The molecule has 1 rings (SSSR count). The number of anilines is 1. The van der Waals surface area contributed by atoms with Gasteiger partial charge in [-0.1, -0.05) is 12.1 Å². The Morgan fingerprint density at radius 1 is 1.22 bits per heavy atom. The van der Waals surface area contributed by atoms with Gasteiger partial charge in [0.1, 0.15) is 0 Å². The van der Waals surface area contributed by atoms with Gasteiger partial charge in [0.15, 0.2) is 0 Å². The van der Waals surface area contributed by atoms with Gasteiger partial charge in [0, 0.05) is 32.7 Å². The highest BCUT2D eigenvalue weighted by atomic mass is 16.2. The Kier molecular flexibility index (Phi) is 5.32. The van der Waals surface area contributed by atoms with E-state index < -0.39 is 0 Å².